The van der Waals surface area contributed by atoms with Gasteiger partial charge in [-0.2, -0.15) is 5.26 Å². The summed E-state index contributed by atoms with van der Waals surface area (Å²) in [6, 6.07) is 14.2. The molecule has 1 N–H and O–H groups in total. The van der Waals surface area contributed by atoms with Gasteiger partial charge in [-0.05, 0) is 30.3 Å². The largest absolute Gasteiger partial charge is 0.488 e. The van der Waals surface area contributed by atoms with Gasteiger partial charge in [0, 0.05) is 22.1 Å². The van der Waals surface area contributed by atoms with E-state index in [0.29, 0.717) is 16.9 Å². The summed E-state index contributed by atoms with van der Waals surface area (Å²) in [6.07, 6.45) is 3.06. The molecule has 0 atom stereocenters. The standard InChI is InChI=1S/C21H16BrN3O3/c1-2-9-25-20(26)18(24-21(25)27)11-16-10-17(22)7-8-19(16)28-13-15-6-4-3-5-14(15)12-23/h2-8,10-11H,1,9,13H2,(H,24,27)/b18-11+. The highest BCUT2D eigenvalue weighted by atomic mass is 79.9. The van der Waals surface area contributed by atoms with Crippen LogP contribution in [0.25, 0.3) is 6.08 Å². The molecule has 1 fully saturated rings. The summed E-state index contributed by atoms with van der Waals surface area (Å²) in [5.41, 5.74) is 2.08. The van der Waals surface area contributed by atoms with Crippen LogP contribution in [0.5, 0.6) is 5.75 Å². The average molecular weight is 438 g/mol. The maximum absolute atomic E-state index is 12.4. The highest BCUT2D eigenvalue weighted by Gasteiger charge is 2.32. The van der Waals surface area contributed by atoms with E-state index in [1.807, 2.05) is 18.2 Å². The minimum Gasteiger partial charge on any atom is -0.488 e. The number of amides is 3. The Bertz CT molecular complexity index is 1020. The number of ether oxygens (including phenoxy) is 1. The first-order valence-electron chi connectivity index (χ1n) is 8.39. The van der Waals surface area contributed by atoms with Gasteiger partial charge in [0.1, 0.15) is 18.1 Å². The van der Waals surface area contributed by atoms with E-state index in [9.17, 15) is 14.9 Å². The van der Waals surface area contributed by atoms with Gasteiger partial charge in [-0.3, -0.25) is 9.69 Å². The van der Waals surface area contributed by atoms with Gasteiger partial charge >= 0.3 is 6.03 Å². The zero-order valence-electron chi connectivity index (χ0n) is 14.8. The number of carbonyl (C=O) groups is 2. The van der Waals surface area contributed by atoms with Crippen molar-refractivity contribution >= 4 is 33.9 Å². The fourth-order valence-corrected chi connectivity index (χ4v) is 3.08. The molecule has 0 spiro atoms. The molecule has 0 unspecified atom stereocenters. The number of nitrogens with zero attached hydrogens (tertiary/aromatic N) is 2. The van der Waals surface area contributed by atoms with Crippen molar-refractivity contribution < 1.29 is 14.3 Å². The Hall–Kier alpha value is -3.37. The first-order valence-corrected chi connectivity index (χ1v) is 9.18. The van der Waals surface area contributed by atoms with Gasteiger partial charge in [-0.25, -0.2) is 4.79 Å². The van der Waals surface area contributed by atoms with Crippen molar-refractivity contribution in [2.45, 2.75) is 6.61 Å². The van der Waals surface area contributed by atoms with E-state index in [0.717, 1.165) is 14.9 Å². The normalized spacial score (nSPS) is 14.7. The summed E-state index contributed by atoms with van der Waals surface area (Å²) in [5.74, 6) is 0.0957. The maximum atomic E-state index is 12.4. The molecule has 3 rings (SSSR count). The van der Waals surface area contributed by atoms with Crippen molar-refractivity contribution in [3.8, 4) is 11.8 Å². The van der Waals surface area contributed by atoms with Crippen LogP contribution in [-0.4, -0.2) is 23.4 Å². The fourth-order valence-electron chi connectivity index (χ4n) is 2.70. The summed E-state index contributed by atoms with van der Waals surface area (Å²) < 4.78 is 6.69. The van der Waals surface area contributed by atoms with E-state index in [4.69, 9.17) is 4.74 Å². The molecule has 1 aliphatic heterocycles. The number of rotatable bonds is 6. The quantitative estimate of drug-likeness (QED) is 0.420. The van der Waals surface area contributed by atoms with E-state index in [2.05, 4.69) is 33.9 Å². The number of urea groups is 1. The second-order valence-electron chi connectivity index (χ2n) is 5.93. The van der Waals surface area contributed by atoms with E-state index < -0.39 is 11.9 Å². The van der Waals surface area contributed by atoms with Crippen molar-refractivity contribution in [1.82, 2.24) is 10.2 Å². The summed E-state index contributed by atoms with van der Waals surface area (Å²) in [7, 11) is 0. The van der Waals surface area contributed by atoms with Crippen LogP contribution in [0.3, 0.4) is 0 Å². The summed E-state index contributed by atoms with van der Waals surface area (Å²) in [5, 5.41) is 11.8. The molecular weight excluding hydrogens is 422 g/mol. The zero-order chi connectivity index (χ0) is 20.1. The first kappa shape index (κ1) is 19.4. The maximum Gasteiger partial charge on any atom is 0.329 e. The minimum absolute atomic E-state index is 0.134. The number of benzene rings is 2. The molecule has 1 saturated heterocycles. The van der Waals surface area contributed by atoms with Crippen molar-refractivity contribution in [1.29, 1.82) is 5.26 Å². The molecule has 28 heavy (non-hydrogen) atoms. The van der Waals surface area contributed by atoms with Crippen LogP contribution in [-0.2, 0) is 11.4 Å². The van der Waals surface area contributed by atoms with Gasteiger partial charge in [0.15, 0.2) is 0 Å². The molecule has 140 valence electrons. The number of hydrogen-bond donors (Lipinski definition) is 1. The Morgan fingerprint density at radius 2 is 2.04 bits per heavy atom. The number of hydrogen-bond acceptors (Lipinski definition) is 4. The van der Waals surface area contributed by atoms with E-state index in [-0.39, 0.29) is 18.8 Å². The van der Waals surface area contributed by atoms with Gasteiger partial charge in [0.05, 0.1) is 11.6 Å². The molecular formula is C21H16BrN3O3. The fraction of sp³-hybridized carbons (Fsp3) is 0.0952. The van der Waals surface area contributed by atoms with Crippen molar-refractivity contribution in [2.75, 3.05) is 6.54 Å². The third-order valence-electron chi connectivity index (χ3n) is 4.07. The van der Waals surface area contributed by atoms with Crippen LogP contribution in [0.2, 0.25) is 0 Å². The third-order valence-corrected chi connectivity index (χ3v) is 4.56. The van der Waals surface area contributed by atoms with Crippen LogP contribution in [0.1, 0.15) is 16.7 Å². The number of halogens is 1. The Morgan fingerprint density at radius 3 is 2.79 bits per heavy atom. The van der Waals surface area contributed by atoms with Gasteiger partial charge in [-0.1, -0.05) is 40.2 Å². The van der Waals surface area contributed by atoms with E-state index >= 15 is 0 Å². The van der Waals surface area contributed by atoms with Gasteiger partial charge < -0.3 is 10.1 Å². The predicted octanol–water partition coefficient (Wildman–Crippen LogP) is 3.98. The second kappa shape index (κ2) is 8.55. The average Bonchev–Trinajstić information content (AvgIpc) is 2.95. The number of imide groups is 1. The van der Waals surface area contributed by atoms with E-state index in [1.54, 1.807) is 30.3 Å². The number of nitriles is 1. The molecule has 0 radical (unpaired) electrons. The molecule has 0 saturated carbocycles. The number of carbonyl (C=O) groups excluding carboxylic acids is 2. The highest BCUT2D eigenvalue weighted by Crippen LogP contribution is 2.27. The van der Waals surface area contributed by atoms with Crippen LogP contribution in [0.4, 0.5) is 4.79 Å². The van der Waals surface area contributed by atoms with Crippen molar-refractivity contribution in [2.24, 2.45) is 0 Å². The van der Waals surface area contributed by atoms with Crippen molar-refractivity contribution in [3.63, 3.8) is 0 Å². The summed E-state index contributed by atoms with van der Waals surface area (Å²) >= 11 is 3.40. The van der Waals surface area contributed by atoms with Gasteiger partial charge in [0.25, 0.3) is 5.91 Å². The lowest BCUT2D eigenvalue weighted by Gasteiger charge is -2.11. The molecule has 0 bridgehead atoms. The minimum atomic E-state index is -0.489. The smallest absolute Gasteiger partial charge is 0.329 e. The molecule has 1 aliphatic rings. The van der Waals surface area contributed by atoms with Gasteiger partial charge in [-0.15, -0.1) is 6.58 Å². The van der Waals surface area contributed by atoms with Crippen LogP contribution in [0.15, 0.2) is 65.3 Å². The molecule has 7 heteroatoms. The number of nitrogens with one attached hydrogen (secondary N) is 1. The summed E-state index contributed by atoms with van der Waals surface area (Å²) in [6.45, 7) is 3.89. The lowest BCUT2D eigenvalue weighted by molar-refractivity contribution is -0.122. The van der Waals surface area contributed by atoms with Gasteiger partial charge in [0.2, 0.25) is 0 Å². The molecule has 2 aromatic rings. The molecule has 1 heterocycles. The van der Waals surface area contributed by atoms with Crippen LogP contribution >= 0.6 is 15.9 Å². The summed E-state index contributed by atoms with van der Waals surface area (Å²) in [4.78, 5) is 25.4. The lowest BCUT2D eigenvalue weighted by Crippen LogP contribution is -2.30. The molecule has 0 aliphatic carbocycles. The highest BCUT2D eigenvalue weighted by molar-refractivity contribution is 9.10. The Labute approximate surface area is 170 Å². The Kier molecular flexibility index (Phi) is 5.92. The predicted molar refractivity (Wildman–Crippen MR) is 108 cm³/mol. The Morgan fingerprint density at radius 1 is 1.25 bits per heavy atom. The molecule has 6 nitrogen and oxygen atoms in total. The molecule has 3 amide bonds. The van der Waals surface area contributed by atoms with Crippen LogP contribution in [0, 0.1) is 11.3 Å². The topological polar surface area (TPSA) is 82.4 Å². The monoisotopic (exact) mass is 437 g/mol. The van der Waals surface area contributed by atoms with Crippen LogP contribution < -0.4 is 10.1 Å². The van der Waals surface area contributed by atoms with Crippen molar-refractivity contribution in [3.05, 3.63) is 82.0 Å². The Balaban J connectivity index is 1.88. The lowest BCUT2D eigenvalue weighted by atomic mass is 10.1. The zero-order valence-corrected chi connectivity index (χ0v) is 16.4. The van der Waals surface area contributed by atoms with E-state index in [1.165, 1.54) is 6.08 Å². The SMILES string of the molecule is C=CCN1C(=O)N/C(=C/c2cc(Br)ccc2OCc2ccccc2C#N)C1=O. The second-order valence-corrected chi connectivity index (χ2v) is 6.85. The first-order chi connectivity index (χ1) is 13.5. The third kappa shape index (κ3) is 4.13. The molecule has 0 aromatic heterocycles. The molecule has 2 aromatic carbocycles.